The Morgan fingerprint density at radius 3 is 1.47 bits per heavy atom. The van der Waals surface area contributed by atoms with Crippen LogP contribution >= 0.6 is 0 Å². The Bertz CT molecular complexity index is 3550. The minimum absolute atomic E-state index is 0.000351. The van der Waals surface area contributed by atoms with Crippen molar-refractivity contribution in [3.05, 3.63) is 131 Å². The predicted molar refractivity (Wildman–Crippen MR) is 401 cm³/mol. The van der Waals surface area contributed by atoms with Crippen LogP contribution in [0.5, 0.6) is 0 Å². The van der Waals surface area contributed by atoms with Gasteiger partial charge in [0, 0.05) is 76.7 Å². The maximum atomic E-state index is 13.5. The van der Waals surface area contributed by atoms with Gasteiger partial charge in [0.1, 0.15) is 54.9 Å². The average molecular weight is 1580 g/mol. The summed E-state index contributed by atoms with van der Waals surface area (Å²) in [6.07, 6.45) is -5.05. The minimum atomic E-state index is -1.35. The zero-order chi connectivity index (χ0) is 81.6. The highest BCUT2D eigenvalue weighted by Gasteiger charge is 2.54. The number of alkyl carbamates (subject to hydrolysis) is 2. The van der Waals surface area contributed by atoms with Crippen molar-refractivity contribution in [3.8, 4) is 0 Å². The standard InChI is InChI=1S/C35H55N3O10.C22H21N3O8.C22H40N2O7/c1-7-25-14-13-21(2)32(46-25)47-29-22(3)17-24(30(27(29)40)48-33-28(41)31(36-5)35(4,43)20-45-33)18-26(39)38(6)16-15-37-34(42)44-19-23-11-9-8-10-12-23;26-18-11-12-19(27)25(18)33-22(30)24(32-20(28)17-9-5-2-6-10-17)14-13-23-21(29)31-15-16-7-3-1-4-8-16;1-6-13-8-7-11(2)20(29-13)30-17-12(3)9-14(23)18(15(17)25)31-21-16(26)19(24-5)22(4,27)10-28-21/h8-12,14,21-22,24,27-33,36,40-41,43H,7,13,15-20H2,1-6H3,(H,37,42);1-10H,11-15H2,(H,23,29);8,11-12,14-21,24-27H,6-7,9-10,23H2,1-5H3/t21-,22+,24+,27+,28-,29-,30+,31-,32-,33-,35+;;11-,12+,14-,15+,16-,17-,18+,19-,20-,21-,22+/m1.1/s1. The largest absolute Gasteiger partial charge is 0.469 e. The van der Waals surface area contributed by atoms with Crippen molar-refractivity contribution in [3.63, 3.8) is 0 Å². The Labute approximate surface area is 653 Å². The van der Waals surface area contributed by atoms with Gasteiger partial charge in [0.05, 0.1) is 67.2 Å². The lowest BCUT2D eigenvalue weighted by Crippen LogP contribution is -2.67. The zero-order valence-electron chi connectivity index (χ0n) is 65.7. The van der Waals surface area contributed by atoms with Crippen molar-refractivity contribution >= 4 is 42.0 Å². The van der Waals surface area contributed by atoms with E-state index >= 15 is 0 Å². The van der Waals surface area contributed by atoms with Gasteiger partial charge in [-0.1, -0.05) is 120 Å². The van der Waals surface area contributed by atoms with Gasteiger partial charge in [0.15, 0.2) is 12.6 Å². The van der Waals surface area contributed by atoms with Gasteiger partial charge in [0.25, 0.3) is 11.8 Å². The number of likely N-dealkylation sites (N-methyl/N-ethyl adjacent to an activating group) is 3. The normalized spacial score (nSPS) is 32.4. The molecular formula is C79H116N8O25. The molecule has 3 aromatic carbocycles. The highest BCUT2D eigenvalue weighted by atomic mass is 16.8. The van der Waals surface area contributed by atoms with Gasteiger partial charge in [-0.3, -0.25) is 14.4 Å². The van der Waals surface area contributed by atoms with E-state index in [2.05, 4.69) is 40.3 Å². The molecule has 2 saturated carbocycles. The van der Waals surface area contributed by atoms with Gasteiger partial charge >= 0.3 is 24.2 Å². The monoisotopic (exact) mass is 1580 g/mol. The molecule has 22 atom stereocenters. The number of nitrogens with zero attached hydrogens (tertiary/aromatic N) is 3. The second-order valence-corrected chi connectivity index (χ2v) is 30.0. The third-order valence-corrected chi connectivity index (χ3v) is 20.9. The number of hydroxylamine groups is 4. The number of carbonyl (C=O) groups is 7. The second kappa shape index (κ2) is 42.4. The van der Waals surface area contributed by atoms with Gasteiger partial charge in [-0.15, -0.1) is 10.1 Å². The van der Waals surface area contributed by atoms with Crippen LogP contribution < -0.4 is 27.0 Å². The zero-order valence-corrected chi connectivity index (χ0v) is 65.7. The van der Waals surface area contributed by atoms with Crippen LogP contribution in [0, 0.1) is 29.6 Å². The van der Waals surface area contributed by atoms with E-state index in [0.717, 1.165) is 48.3 Å². The van der Waals surface area contributed by atoms with Crippen LogP contribution in [-0.4, -0.2) is 251 Å². The van der Waals surface area contributed by atoms with Gasteiger partial charge in [-0.2, -0.15) is 0 Å². The molecule has 7 aliphatic rings. The Balaban J connectivity index is 0.000000218. The van der Waals surface area contributed by atoms with E-state index in [9.17, 15) is 64.2 Å². The highest BCUT2D eigenvalue weighted by molar-refractivity contribution is 6.01. The molecule has 33 heteroatoms. The molecule has 0 radical (unpaired) electrons. The molecule has 33 nitrogen and oxygen atoms in total. The number of rotatable bonds is 26. The smallest absolute Gasteiger partial charge is 0.468 e. The number of amides is 6. The molecule has 12 N–H and O–H groups in total. The number of hydrogen-bond donors (Lipinski definition) is 11. The first-order chi connectivity index (χ1) is 53.4. The first-order valence-corrected chi connectivity index (χ1v) is 38.5. The fourth-order valence-corrected chi connectivity index (χ4v) is 14.4. The SMILES string of the molecule is CCC1=CC[C@@H](C)[C@@H](O[C@H]2[C@H](O)[C@@H](O[C@H]3OC[C@](C)(O)[C@H](NC)[C@H]3O)[C@H](CC(=O)N(C)CCNC(=O)OCc3ccccc3)C[C@@H]2C)O1.CCC1=CC[C@@H](C)[C@@H](O[C@H]2[C@H](O)[C@@H](O[C@H]3OC[C@](C)(O)[C@H](NC)[C@H]3O)[C@H](N)C[C@@H]2C)O1.O=C(NCCN(OC(=O)c1ccccc1)C(=O)ON1C(=O)CCC1=O)OCc1ccccc1. The molecule has 3 saturated heterocycles. The summed E-state index contributed by atoms with van der Waals surface area (Å²) in [7, 11) is 4.94. The molecule has 10 rings (SSSR count). The summed E-state index contributed by atoms with van der Waals surface area (Å²) in [5.41, 5.74) is 5.54. The molecule has 5 aliphatic heterocycles. The first kappa shape index (κ1) is 89.6. The third kappa shape index (κ3) is 24.8. The maximum Gasteiger partial charge on any atom is 0.468 e. The molecule has 0 spiro atoms. The van der Waals surface area contributed by atoms with Gasteiger partial charge in [0.2, 0.25) is 18.5 Å². The number of benzene rings is 3. The van der Waals surface area contributed by atoms with Crippen LogP contribution in [0.25, 0.3) is 0 Å². The highest BCUT2D eigenvalue weighted by Crippen LogP contribution is 2.41. The summed E-state index contributed by atoms with van der Waals surface area (Å²) in [6.45, 7) is 15.2. The summed E-state index contributed by atoms with van der Waals surface area (Å²) in [4.78, 5) is 97.2. The van der Waals surface area contributed by atoms with Gasteiger partial charge in [-0.05, 0) is 107 Å². The molecule has 0 aromatic heterocycles. The number of ether oxygens (including phenoxy) is 10. The lowest BCUT2D eigenvalue weighted by atomic mass is 9.74. The van der Waals surface area contributed by atoms with Gasteiger partial charge in [-0.25, -0.2) is 19.2 Å². The number of carbonyl (C=O) groups excluding carboxylic acids is 7. The first-order valence-electron chi connectivity index (χ1n) is 38.5. The number of aliphatic hydroxyl groups excluding tert-OH is 4. The molecule has 622 valence electrons. The third-order valence-electron chi connectivity index (χ3n) is 20.9. The molecule has 112 heavy (non-hydrogen) atoms. The van der Waals surface area contributed by atoms with Crippen molar-refractivity contribution in [2.45, 2.75) is 230 Å². The van der Waals surface area contributed by atoms with E-state index < -0.39 is 145 Å². The maximum absolute atomic E-state index is 13.5. The van der Waals surface area contributed by atoms with Crippen molar-refractivity contribution < 1.29 is 121 Å². The molecule has 5 fully saturated rings. The second-order valence-electron chi connectivity index (χ2n) is 30.0. The molecule has 0 unspecified atom stereocenters. The van der Waals surface area contributed by atoms with Crippen LogP contribution in [0.3, 0.4) is 0 Å². The number of imide groups is 1. The summed E-state index contributed by atoms with van der Waals surface area (Å²) >= 11 is 0. The van der Waals surface area contributed by atoms with E-state index in [-0.39, 0.29) is 107 Å². The van der Waals surface area contributed by atoms with Crippen LogP contribution in [-0.2, 0) is 84.6 Å². The summed E-state index contributed by atoms with van der Waals surface area (Å²) in [5, 5.41) is 77.8. The molecule has 0 bridgehead atoms. The van der Waals surface area contributed by atoms with Crippen molar-refractivity contribution in [2.75, 3.05) is 60.5 Å². The molecule has 6 amide bonds. The van der Waals surface area contributed by atoms with Crippen LogP contribution in [0.15, 0.2) is 115 Å². The molecule has 3 aromatic rings. The van der Waals surface area contributed by atoms with Crippen LogP contribution in [0.4, 0.5) is 14.4 Å². The number of nitrogens with one attached hydrogen (secondary N) is 4. The Morgan fingerprint density at radius 1 is 0.580 bits per heavy atom. The van der Waals surface area contributed by atoms with Crippen molar-refractivity contribution in [2.24, 2.45) is 35.3 Å². The van der Waals surface area contributed by atoms with E-state index in [0.29, 0.717) is 23.0 Å². The topological polar surface area (TPSA) is 435 Å². The van der Waals surface area contributed by atoms with E-state index in [1.54, 1.807) is 77.5 Å². The fourth-order valence-electron chi connectivity index (χ4n) is 14.4. The van der Waals surface area contributed by atoms with E-state index in [1.165, 1.54) is 17.0 Å². The van der Waals surface area contributed by atoms with Crippen molar-refractivity contribution in [1.29, 1.82) is 0 Å². The summed E-state index contributed by atoms with van der Waals surface area (Å²) < 4.78 is 58.8. The minimum Gasteiger partial charge on any atom is -0.469 e. The average Bonchev–Trinajstić information content (AvgIpc) is 1.07. The van der Waals surface area contributed by atoms with E-state index in [4.69, 9.17) is 62.8 Å². The number of aliphatic hydroxyl groups is 6. The number of nitrogens with two attached hydrogens (primary N) is 1. The van der Waals surface area contributed by atoms with E-state index in [1.807, 2.05) is 71.0 Å². The van der Waals surface area contributed by atoms with Crippen molar-refractivity contribution in [1.82, 2.24) is 36.3 Å². The summed E-state index contributed by atoms with van der Waals surface area (Å²) in [6, 6.07) is 24.3. The lowest BCUT2D eigenvalue weighted by molar-refractivity contribution is -0.312. The Kier molecular flexibility index (Phi) is 33.9. The Morgan fingerprint density at radius 2 is 1.01 bits per heavy atom. The predicted octanol–water partition coefficient (Wildman–Crippen LogP) is 4.69. The molecular weight excluding hydrogens is 1460 g/mol. The van der Waals surface area contributed by atoms with Crippen LogP contribution in [0.2, 0.25) is 0 Å². The van der Waals surface area contributed by atoms with Gasteiger partial charge < -0.3 is 120 Å². The van der Waals surface area contributed by atoms with Crippen LogP contribution in [0.1, 0.15) is 135 Å². The molecule has 5 heterocycles. The fraction of sp³-hybridized carbons (Fsp3) is 0.633. The number of allylic oxidation sites excluding steroid dienone is 4. The molecule has 2 aliphatic carbocycles. The quantitative estimate of drug-likeness (QED) is 0.0384. The lowest BCUT2D eigenvalue weighted by Gasteiger charge is -2.49. The summed E-state index contributed by atoms with van der Waals surface area (Å²) in [5.74, 6) is -1.09. The Hall–Kier alpha value is -7.97. The number of hydrogen-bond acceptors (Lipinski definition) is 28.